The molecule has 7 nitrogen and oxygen atoms in total. The Labute approximate surface area is 153 Å². The predicted molar refractivity (Wildman–Crippen MR) is 105 cm³/mol. The highest BCUT2D eigenvalue weighted by Gasteiger charge is 2.19. The van der Waals surface area contributed by atoms with Gasteiger partial charge in [-0.25, -0.2) is 4.98 Å². The van der Waals surface area contributed by atoms with E-state index in [1.54, 1.807) is 6.33 Å². The molecule has 2 N–H and O–H groups in total. The third-order valence-corrected chi connectivity index (χ3v) is 4.47. The molecular formula is C19H26N6O. The zero-order chi connectivity index (χ0) is 18.7. The minimum Gasteiger partial charge on any atom is -0.394 e. The summed E-state index contributed by atoms with van der Waals surface area (Å²) in [6.45, 7) is 6.24. The Hall–Kier alpha value is -2.67. The van der Waals surface area contributed by atoms with Crippen molar-refractivity contribution in [2.75, 3.05) is 23.9 Å². The number of aliphatic hydroxyl groups excluding tert-OH is 1. The van der Waals surface area contributed by atoms with Crippen LogP contribution in [0.25, 0.3) is 11.2 Å². The van der Waals surface area contributed by atoms with Crippen LogP contribution in [-0.2, 0) is 0 Å². The Bertz CT molecular complexity index is 857. The summed E-state index contributed by atoms with van der Waals surface area (Å²) in [4.78, 5) is 15.9. The second kappa shape index (κ2) is 7.70. The summed E-state index contributed by atoms with van der Waals surface area (Å²) in [5.74, 6) is 1.23. The minimum atomic E-state index is -0.0854. The van der Waals surface area contributed by atoms with Crippen molar-refractivity contribution in [1.82, 2.24) is 19.5 Å². The zero-order valence-corrected chi connectivity index (χ0v) is 15.7. The van der Waals surface area contributed by atoms with Crippen molar-refractivity contribution in [2.45, 2.75) is 39.3 Å². The topological polar surface area (TPSA) is 79.1 Å². The molecule has 1 atom stereocenters. The van der Waals surface area contributed by atoms with Crippen LogP contribution in [0.15, 0.2) is 36.7 Å². The summed E-state index contributed by atoms with van der Waals surface area (Å²) in [6.07, 6.45) is 2.59. The van der Waals surface area contributed by atoms with Crippen molar-refractivity contribution in [1.29, 1.82) is 0 Å². The molecule has 0 spiro atoms. The van der Waals surface area contributed by atoms with E-state index in [0.717, 1.165) is 29.1 Å². The number of aromatic nitrogens is 4. The van der Waals surface area contributed by atoms with Gasteiger partial charge in [0.05, 0.1) is 19.0 Å². The number of fused-ring (bicyclic) bond motifs is 1. The van der Waals surface area contributed by atoms with Gasteiger partial charge in [0.15, 0.2) is 17.0 Å². The van der Waals surface area contributed by atoms with Gasteiger partial charge in [-0.15, -0.1) is 0 Å². The van der Waals surface area contributed by atoms with E-state index in [0.29, 0.717) is 5.95 Å². The lowest BCUT2D eigenvalue weighted by Gasteiger charge is -2.21. The fourth-order valence-electron chi connectivity index (χ4n) is 2.81. The summed E-state index contributed by atoms with van der Waals surface area (Å²) in [6, 6.07) is 10.2. The van der Waals surface area contributed by atoms with Crippen molar-refractivity contribution in [2.24, 2.45) is 0 Å². The van der Waals surface area contributed by atoms with Crippen LogP contribution in [0.3, 0.4) is 0 Å². The van der Waals surface area contributed by atoms with Gasteiger partial charge in [0, 0.05) is 18.8 Å². The first-order valence-electron chi connectivity index (χ1n) is 8.95. The van der Waals surface area contributed by atoms with Gasteiger partial charge in [0.1, 0.15) is 0 Å². The maximum absolute atomic E-state index is 9.51. The lowest BCUT2D eigenvalue weighted by molar-refractivity contribution is 0.271. The number of anilines is 3. The molecule has 0 radical (unpaired) electrons. The molecule has 3 rings (SSSR count). The number of hydrogen-bond donors (Lipinski definition) is 2. The molecule has 7 heteroatoms. The number of para-hydroxylation sites is 1. The largest absolute Gasteiger partial charge is 0.394 e. The number of nitrogens with one attached hydrogen (secondary N) is 1. The zero-order valence-electron chi connectivity index (χ0n) is 15.7. The molecule has 0 unspecified atom stereocenters. The van der Waals surface area contributed by atoms with Gasteiger partial charge >= 0.3 is 0 Å². The first-order chi connectivity index (χ1) is 12.5. The number of imidazole rings is 1. The summed E-state index contributed by atoms with van der Waals surface area (Å²) in [5.41, 5.74) is 2.56. The normalized spacial score (nSPS) is 12.5. The van der Waals surface area contributed by atoms with Crippen LogP contribution in [0.4, 0.5) is 17.5 Å². The Morgan fingerprint density at radius 3 is 2.54 bits per heavy atom. The van der Waals surface area contributed by atoms with Crippen molar-refractivity contribution in [3.05, 3.63) is 36.7 Å². The van der Waals surface area contributed by atoms with E-state index in [9.17, 15) is 5.11 Å². The Morgan fingerprint density at radius 2 is 1.92 bits per heavy atom. The summed E-state index contributed by atoms with van der Waals surface area (Å²) < 4.78 is 2.03. The fraction of sp³-hybridized carbons (Fsp3) is 0.421. The molecule has 2 heterocycles. The van der Waals surface area contributed by atoms with Crippen molar-refractivity contribution < 1.29 is 5.11 Å². The van der Waals surface area contributed by atoms with E-state index in [2.05, 4.69) is 29.1 Å². The second-order valence-electron chi connectivity index (χ2n) is 6.62. The van der Waals surface area contributed by atoms with Gasteiger partial charge in [-0.05, 0) is 32.4 Å². The molecule has 0 aliphatic carbocycles. The van der Waals surface area contributed by atoms with E-state index in [4.69, 9.17) is 4.98 Å². The summed E-state index contributed by atoms with van der Waals surface area (Å²) >= 11 is 0. The number of aliphatic hydroxyl groups is 1. The molecule has 0 bridgehead atoms. The van der Waals surface area contributed by atoms with E-state index in [1.165, 1.54) is 0 Å². The van der Waals surface area contributed by atoms with Crippen molar-refractivity contribution in [3.63, 3.8) is 0 Å². The lowest BCUT2D eigenvalue weighted by Crippen LogP contribution is -2.24. The average Bonchev–Trinajstić information content (AvgIpc) is 3.09. The number of rotatable bonds is 7. The van der Waals surface area contributed by atoms with Gasteiger partial charge in [-0.2, -0.15) is 9.97 Å². The Balaban J connectivity index is 2.13. The van der Waals surface area contributed by atoms with Crippen LogP contribution in [0.2, 0.25) is 0 Å². The number of nitrogens with zero attached hydrogens (tertiary/aromatic N) is 5. The first-order valence-corrected chi connectivity index (χ1v) is 8.95. The highest BCUT2D eigenvalue weighted by atomic mass is 16.3. The molecular weight excluding hydrogens is 328 g/mol. The molecule has 0 saturated heterocycles. The van der Waals surface area contributed by atoms with E-state index < -0.39 is 0 Å². The molecule has 1 aromatic carbocycles. The monoisotopic (exact) mass is 354 g/mol. The maximum atomic E-state index is 9.51. The summed E-state index contributed by atoms with van der Waals surface area (Å²) in [7, 11) is 1.97. The van der Waals surface area contributed by atoms with Gasteiger partial charge in [-0.3, -0.25) is 0 Å². The van der Waals surface area contributed by atoms with Crippen LogP contribution in [0.1, 0.15) is 33.2 Å². The highest BCUT2D eigenvalue weighted by molar-refractivity contribution is 5.87. The van der Waals surface area contributed by atoms with Gasteiger partial charge < -0.3 is 19.9 Å². The highest BCUT2D eigenvalue weighted by Crippen LogP contribution is 2.30. The molecule has 3 aromatic rings. The second-order valence-corrected chi connectivity index (χ2v) is 6.62. The SMILES string of the molecule is CC[C@@H](CO)Nc1nc(N(C)c2ccccc2)c2ncn(C(C)C)c2n1. The molecule has 138 valence electrons. The minimum absolute atomic E-state index is 0.0329. The van der Waals surface area contributed by atoms with Crippen LogP contribution in [-0.4, -0.2) is 44.3 Å². The van der Waals surface area contributed by atoms with E-state index >= 15 is 0 Å². The van der Waals surface area contributed by atoms with Gasteiger partial charge in [-0.1, -0.05) is 25.1 Å². The van der Waals surface area contributed by atoms with Crippen LogP contribution in [0.5, 0.6) is 0 Å². The van der Waals surface area contributed by atoms with Gasteiger partial charge in [0.25, 0.3) is 0 Å². The number of hydrogen-bond acceptors (Lipinski definition) is 6. The molecule has 26 heavy (non-hydrogen) atoms. The molecule has 2 aromatic heterocycles. The smallest absolute Gasteiger partial charge is 0.227 e. The molecule has 0 saturated carbocycles. The van der Waals surface area contributed by atoms with Crippen molar-refractivity contribution >= 4 is 28.6 Å². The number of benzene rings is 1. The predicted octanol–water partition coefficient (Wildman–Crippen LogP) is 3.36. The lowest BCUT2D eigenvalue weighted by atomic mass is 10.2. The third-order valence-electron chi connectivity index (χ3n) is 4.47. The van der Waals surface area contributed by atoms with Gasteiger partial charge in [0.2, 0.25) is 5.95 Å². The maximum Gasteiger partial charge on any atom is 0.227 e. The molecule has 0 aliphatic heterocycles. The third kappa shape index (κ3) is 3.48. The van der Waals surface area contributed by atoms with Crippen molar-refractivity contribution in [3.8, 4) is 0 Å². The van der Waals surface area contributed by atoms with E-state index in [-0.39, 0.29) is 18.7 Å². The van der Waals surface area contributed by atoms with Crippen LogP contribution < -0.4 is 10.2 Å². The standard InChI is InChI=1S/C19H26N6O/c1-5-14(11-26)21-19-22-17(24(4)15-9-7-6-8-10-15)16-18(23-19)25(12-20-16)13(2)3/h6-10,12-14,26H,5,11H2,1-4H3,(H,21,22,23)/t14-/m0/s1. The van der Waals surface area contributed by atoms with Crippen LogP contribution >= 0.6 is 0 Å². The fourth-order valence-corrected chi connectivity index (χ4v) is 2.81. The summed E-state index contributed by atoms with van der Waals surface area (Å²) in [5, 5.41) is 12.7. The quantitative estimate of drug-likeness (QED) is 0.677. The van der Waals surface area contributed by atoms with Crippen LogP contribution in [0, 0.1) is 0 Å². The molecule has 0 amide bonds. The first kappa shape index (κ1) is 18.1. The Kier molecular flexibility index (Phi) is 5.37. The molecule has 0 fully saturated rings. The average molecular weight is 354 g/mol. The van der Waals surface area contributed by atoms with E-state index in [1.807, 2.05) is 53.8 Å². The molecule has 0 aliphatic rings. The Morgan fingerprint density at radius 1 is 1.19 bits per heavy atom.